The Morgan fingerprint density at radius 1 is 1.00 bits per heavy atom. The minimum Gasteiger partial charge on any atom is -0.508 e. The van der Waals surface area contributed by atoms with E-state index in [0.717, 1.165) is 64.2 Å². The Kier molecular flexibility index (Phi) is 6.80. The molecule has 0 saturated carbocycles. The molecule has 5 rings (SSSR count). The fraction of sp³-hybridized carbons (Fsp3) is 0.423. The minimum atomic E-state index is -0.419. The number of hydrogen-bond acceptors (Lipinski definition) is 7. The molecular formula is C26H32N6O4. The molecule has 3 aromatic rings. The van der Waals surface area contributed by atoms with E-state index < -0.39 is 5.69 Å². The first-order valence-electron chi connectivity index (χ1n) is 12.4. The van der Waals surface area contributed by atoms with Gasteiger partial charge in [-0.05, 0) is 62.8 Å². The summed E-state index contributed by atoms with van der Waals surface area (Å²) in [7, 11) is 2.10. The van der Waals surface area contributed by atoms with Crippen molar-refractivity contribution in [3.8, 4) is 28.6 Å². The van der Waals surface area contributed by atoms with E-state index in [1.165, 1.54) is 22.8 Å². The molecule has 0 radical (unpaired) electrons. The third-order valence-electron chi connectivity index (χ3n) is 7.25. The van der Waals surface area contributed by atoms with Gasteiger partial charge < -0.3 is 20.0 Å². The number of H-pyrrole nitrogens is 1. The van der Waals surface area contributed by atoms with Crippen LogP contribution in [0.2, 0.25) is 0 Å². The first-order valence-corrected chi connectivity index (χ1v) is 12.4. The lowest BCUT2D eigenvalue weighted by molar-refractivity contribution is -0.138. The van der Waals surface area contributed by atoms with E-state index in [4.69, 9.17) is 0 Å². The van der Waals surface area contributed by atoms with Crippen LogP contribution < -0.4 is 5.69 Å². The molecule has 1 amide bonds. The highest BCUT2D eigenvalue weighted by atomic mass is 16.3. The van der Waals surface area contributed by atoms with Gasteiger partial charge in [0.05, 0.1) is 11.3 Å². The van der Waals surface area contributed by atoms with Crippen molar-refractivity contribution in [2.45, 2.75) is 19.4 Å². The van der Waals surface area contributed by atoms with Gasteiger partial charge in [-0.25, -0.2) is 14.5 Å². The molecule has 190 valence electrons. The fourth-order valence-electron chi connectivity index (χ4n) is 5.06. The summed E-state index contributed by atoms with van der Waals surface area (Å²) in [5, 5.41) is 26.3. The Morgan fingerprint density at radius 2 is 1.69 bits per heavy atom. The monoisotopic (exact) mass is 492 g/mol. The average molecular weight is 493 g/mol. The predicted molar refractivity (Wildman–Crippen MR) is 135 cm³/mol. The number of benzene rings is 2. The normalized spacial score (nSPS) is 18.0. The van der Waals surface area contributed by atoms with Crippen LogP contribution >= 0.6 is 0 Å². The predicted octanol–water partition coefficient (Wildman–Crippen LogP) is 1.62. The number of aromatic amines is 1. The maximum absolute atomic E-state index is 12.9. The van der Waals surface area contributed by atoms with Crippen molar-refractivity contribution in [1.29, 1.82) is 0 Å². The highest BCUT2D eigenvalue weighted by Gasteiger charge is 2.30. The first kappa shape index (κ1) is 24.1. The number of nitrogens with one attached hydrogen (secondary N) is 1. The highest BCUT2D eigenvalue weighted by molar-refractivity contribution is 5.79. The molecule has 10 heteroatoms. The molecule has 2 aliphatic rings. The van der Waals surface area contributed by atoms with E-state index in [9.17, 15) is 19.8 Å². The second kappa shape index (κ2) is 10.2. The first-order chi connectivity index (χ1) is 17.4. The van der Waals surface area contributed by atoms with E-state index in [1.54, 1.807) is 0 Å². The highest BCUT2D eigenvalue weighted by Crippen LogP contribution is 2.31. The van der Waals surface area contributed by atoms with Crippen LogP contribution in [0.3, 0.4) is 0 Å². The number of phenols is 2. The molecule has 2 fully saturated rings. The van der Waals surface area contributed by atoms with E-state index >= 15 is 0 Å². The Labute approximate surface area is 209 Å². The zero-order valence-electron chi connectivity index (χ0n) is 20.4. The smallest absolute Gasteiger partial charge is 0.348 e. The van der Waals surface area contributed by atoms with Crippen molar-refractivity contribution in [3.63, 3.8) is 0 Å². The van der Waals surface area contributed by atoms with Crippen LogP contribution in [0.4, 0.5) is 0 Å². The number of carbonyl (C=O) groups is 1. The van der Waals surface area contributed by atoms with Gasteiger partial charge in [0.15, 0.2) is 5.82 Å². The number of rotatable bonds is 5. The molecule has 2 saturated heterocycles. The molecule has 0 aliphatic carbocycles. The minimum absolute atomic E-state index is 0.0715. The van der Waals surface area contributed by atoms with Gasteiger partial charge >= 0.3 is 5.69 Å². The summed E-state index contributed by atoms with van der Waals surface area (Å²) in [6.45, 7) is 6.11. The number of aromatic hydroxyl groups is 2. The summed E-state index contributed by atoms with van der Waals surface area (Å²) in [5.41, 5.74) is 1.66. The van der Waals surface area contributed by atoms with Crippen molar-refractivity contribution in [2.24, 2.45) is 5.92 Å². The van der Waals surface area contributed by atoms with Gasteiger partial charge in [0.25, 0.3) is 0 Å². The van der Waals surface area contributed by atoms with E-state index in [0.29, 0.717) is 17.2 Å². The number of likely N-dealkylation sites (tertiary alicyclic amines) is 1. The lowest BCUT2D eigenvalue weighted by atomic mass is 9.94. The lowest BCUT2D eigenvalue weighted by Crippen LogP contribution is -2.50. The molecule has 0 atom stereocenters. The number of carbonyl (C=O) groups excluding carboxylic acids is 1. The number of aromatic nitrogens is 3. The van der Waals surface area contributed by atoms with Crippen molar-refractivity contribution < 1.29 is 15.0 Å². The lowest BCUT2D eigenvalue weighted by Gasteiger charge is -2.37. The number of piperidine rings is 1. The van der Waals surface area contributed by atoms with Crippen molar-refractivity contribution >= 4 is 5.91 Å². The average Bonchev–Trinajstić information content (AvgIpc) is 3.26. The molecule has 0 unspecified atom stereocenters. The number of likely N-dealkylation sites (N-methyl/N-ethyl adjacent to an activating group) is 1. The van der Waals surface area contributed by atoms with Gasteiger partial charge in [-0.15, -0.1) is 0 Å². The van der Waals surface area contributed by atoms with Crippen LogP contribution in [-0.2, 0) is 11.3 Å². The molecule has 10 nitrogen and oxygen atoms in total. The third kappa shape index (κ3) is 5.00. The van der Waals surface area contributed by atoms with Crippen molar-refractivity contribution in [1.82, 2.24) is 29.5 Å². The molecule has 2 aliphatic heterocycles. The van der Waals surface area contributed by atoms with Crippen molar-refractivity contribution in [2.75, 3.05) is 46.3 Å². The largest absolute Gasteiger partial charge is 0.508 e. The second-order valence-corrected chi connectivity index (χ2v) is 9.73. The van der Waals surface area contributed by atoms with Gasteiger partial charge in [-0.3, -0.25) is 9.69 Å². The number of piperazine rings is 1. The SMILES string of the molecule is CN1CCN(C(=O)C2CCN(Cc3ccc(-n4c(-c5ccc(O)cc5O)n[nH]c4=O)cc3)CC2)CC1. The van der Waals surface area contributed by atoms with Crippen LogP contribution in [0.15, 0.2) is 47.3 Å². The topological polar surface area (TPSA) is 118 Å². The summed E-state index contributed by atoms with van der Waals surface area (Å²) in [6.07, 6.45) is 1.76. The van der Waals surface area contributed by atoms with Gasteiger partial charge in [0.1, 0.15) is 11.5 Å². The number of nitrogens with zero attached hydrogens (tertiary/aromatic N) is 5. The summed E-state index contributed by atoms with van der Waals surface area (Å²) in [5.74, 6) is 0.458. The standard InChI is InChI=1S/C26H32N6O4/c1-29-12-14-31(15-13-29)25(35)19-8-10-30(11-9-19)17-18-2-4-20(5-3-18)32-24(27-28-26(32)36)22-7-6-21(33)16-23(22)34/h2-7,16,19,33-34H,8-15,17H2,1H3,(H,28,36). The van der Waals surface area contributed by atoms with Gasteiger partial charge in [0, 0.05) is 44.7 Å². The summed E-state index contributed by atoms with van der Waals surface area (Å²) >= 11 is 0. The quantitative estimate of drug-likeness (QED) is 0.495. The van der Waals surface area contributed by atoms with Crippen LogP contribution in [0, 0.1) is 5.92 Å². The molecule has 2 aromatic carbocycles. The van der Waals surface area contributed by atoms with Gasteiger partial charge in [0.2, 0.25) is 5.91 Å². The molecule has 3 heterocycles. The summed E-state index contributed by atoms with van der Waals surface area (Å²) in [4.78, 5) is 32.0. The summed E-state index contributed by atoms with van der Waals surface area (Å²) in [6, 6.07) is 11.8. The van der Waals surface area contributed by atoms with Crippen LogP contribution in [-0.4, -0.2) is 91.9 Å². The Balaban J connectivity index is 1.22. The van der Waals surface area contributed by atoms with Crippen LogP contribution in [0.1, 0.15) is 18.4 Å². The third-order valence-corrected chi connectivity index (χ3v) is 7.25. The van der Waals surface area contributed by atoms with E-state index in [2.05, 4.69) is 27.0 Å². The van der Waals surface area contributed by atoms with Gasteiger partial charge in [-0.1, -0.05) is 12.1 Å². The molecule has 3 N–H and O–H groups in total. The van der Waals surface area contributed by atoms with Gasteiger partial charge in [-0.2, -0.15) is 5.10 Å². The molecule has 36 heavy (non-hydrogen) atoms. The maximum atomic E-state index is 12.9. The molecule has 0 bridgehead atoms. The Bertz CT molecular complexity index is 1270. The number of amides is 1. The molecule has 1 aromatic heterocycles. The zero-order chi connectivity index (χ0) is 25.2. The molecular weight excluding hydrogens is 460 g/mol. The second-order valence-electron chi connectivity index (χ2n) is 9.73. The Morgan fingerprint density at radius 3 is 2.36 bits per heavy atom. The summed E-state index contributed by atoms with van der Waals surface area (Å²) < 4.78 is 1.39. The zero-order valence-corrected chi connectivity index (χ0v) is 20.4. The van der Waals surface area contributed by atoms with E-state index in [-0.39, 0.29) is 23.2 Å². The van der Waals surface area contributed by atoms with Crippen LogP contribution in [0.25, 0.3) is 17.1 Å². The maximum Gasteiger partial charge on any atom is 0.348 e. The molecule has 0 spiro atoms. The number of phenolic OH excluding ortho intramolecular Hbond substituents is 2. The van der Waals surface area contributed by atoms with Crippen molar-refractivity contribution in [3.05, 3.63) is 58.5 Å². The Hall–Kier alpha value is -3.63. The number of hydrogen-bond donors (Lipinski definition) is 3. The van der Waals surface area contributed by atoms with E-state index in [1.807, 2.05) is 29.2 Å². The van der Waals surface area contributed by atoms with Crippen LogP contribution in [0.5, 0.6) is 11.5 Å². The fourth-order valence-corrected chi connectivity index (χ4v) is 5.06.